The molecule has 1 aliphatic rings. The summed E-state index contributed by atoms with van der Waals surface area (Å²) in [4.78, 5) is 0. The molecule has 1 aromatic rings. The Kier molecular flexibility index (Phi) is 1.48. The molecule has 0 spiro atoms. The molecule has 2 nitrogen and oxygen atoms in total. The predicted molar refractivity (Wildman–Crippen MR) is 43.2 cm³/mol. The van der Waals surface area contributed by atoms with Gasteiger partial charge in [0.15, 0.2) is 13.2 Å². The topological polar surface area (TPSA) is 8.81 Å². The molecule has 0 atom stereocenters. The Bertz CT molecular complexity index is 259. The predicted octanol–water partition coefficient (Wildman–Crippen LogP) is 1.12. The highest BCUT2D eigenvalue weighted by Crippen LogP contribution is 2.35. The first-order valence-electron chi connectivity index (χ1n) is 4.30. The second-order valence-electron chi connectivity index (χ2n) is 3.47. The third-order valence-electron chi connectivity index (χ3n) is 2.83. The van der Waals surface area contributed by atoms with Gasteiger partial charge < -0.3 is 0 Å². The van der Waals surface area contributed by atoms with Crippen LogP contribution in [0.15, 0.2) is 12.3 Å². The summed E-state index contributed by atoms with van der Waals surface area (Å²) >= 11 is 0. The summed E-state index contributed by atoms with van der Waals surface area (Å²) in [6, 6.07) is 2.24. The quantitative estimate of drug-likeness (QED) is 0.532. The van der Waals surface area contributed by atoms with E-state index in [1.54, 1.807) is 0 Å². The van der Waals surface area contributed by atoms with E-state index in [-0.39, 0.29) is 0 Å². The van der Waals surface area contributed by atoms with Crippen LogP contribution in [-0.4, -0.2) is 4.68 Å². The lowest BCUT2D eigenvalue weighted by Crippen LogP contribution is -2.37. The van der Waals surface area contributed by atoms with Gasteiger partial charge in [0.2, 0.25) is 0 Å². The molecule has 0 amide bonds. The maximum Gasteiger partial charge on any atom is 0.195 e. The molecule has 0 aliphatic heterocycles. The molecule has 2 rings (SSSR count). The van der Waals surface area contributed by atoms with Crippen LogP contribution in [0.5, 0.6) is 0 Å². The normalized spacial score (nSPS) is 18.4. The van der Waals surface area contributed by atoms with Crippen LogP contribution in [0.4, 0.5) is 0 Å². The van der Waals surface area contributed by atoms with Gasteiger partial charge in [-0.15, -0.1) is 4.68 Å². The van der Waals surface area contributed by atoms with Gasteiger partial charge >= 0.3 is 0 Å². The zero-order valence-electron chi connectivity index (χ0n) is 7.25. The minimum Gasteiger partial charge on any atom is -0.161 e. The molecule has 1 saturated carbocycles. The third kappa shape index (κ3) is 0.971. The van der Waals surface area contributed by atoms with E-state index in [4.69, 9.17) is 0 Å². The molecule has 1 aliphatic carbocycles. The van der Waals surface area contributed by atoms with Gasteiger partial charge in [-0.3, -0.25) is 0 Å². The van der Waals surface area contributed by atoms with Crippen LogP contribution in [0.25, 0.3) is 0 Å². The molecule has 1 aromatic heterocycles. The first-order chi connectivity index (χ1) is 5.29. The van der Waals surface area contributed by atoms with E-state index >= 15 is 0 Å². The number of hydrogen-bond acceptors (Lipinski definition) is 0. The van der Waals surface area contributed by atoms with E-state index in [1.807, 2.05) is 0 Å². The van der Waals surface area contributed by atoms with Crippen molar-refractivity contribution < 1.29 is 4.68 Å². The molecule has 1 fully saturated rings. The van der Waals surface area contributed by atoms with Crippen LogP contribution in [0.1, 0.15) is 30.9 Å². The van der Waals surface area contributed by atoms with Gasteiger partial charge in [-0.25, -0.2) is 0 Å². The Morgan fingerprint density at radius 2 is 2.27 bits per heavy atom. The molecule has 0 saturated heterocycles. The summed E-state index contributed by atoms with van der Waals surface area (Å²) in [5.41, 5.74) is 1.50. The zero-order valence-corrected chi connectivity index (χ0v) is 7.25. The zero-order chi connectivity index (χ0) is 7.84. The van der Waals surface area contributed by atoms with Crippen molar-refractivity contribution in [2.45, 2.75) is 25.2 Å². The number of nitrogens with zero attached hydrogens (tertiary/aromatic N) is 2. The van der Waals surface area contributed by atoms with Crippen LogP contribution < -0.4 is 4.68 Å². The molecule has 2 heteroatoms. The lowest BCUT2D eigenvalue weighted by Gasteiger charge is -2.23. The van der Waals surface area contributed by atoms with Gasteiger partial charge in [0.05, 0.1) is 12.7 Å². The molecule has 11 heavy (non-hydrogen) atoms. The average Bonchev–Trinajstić information content (AvgIpc) is 2.15. The van der Waals surface area contributed by atoms with Crippen molar-refractivity contribution in [3.05, 3.63) is 18.0 Å². The molecular weight excluding hydrogens is 136 g/mol. The van der Waals surface area contributed by atoms with Gasteiger partial charge in [0.25, 0.3) is 0 Å². The van der Waals surface area contributed by atoms with Gasteiger partial charge in [0.1, 0.15) is 0 Å². The molecule has 60 valence electrons. The number of aromatic nitrogens is 2. The molecule has 0 N–H and O–H groups in total. The van der Waals surface area contributed by atoms with E-state index in [1.165, 1.54) is 25.0 Å². The average molecular weight is 151 g/mol. The van der Waals surface area contributed by atoms with Crippen LogP contribution >= 0.6 is 0 Å². The Morgan fingerprint density at radius 1 is 1.55 bits per heavy atom. The van der Waals surface area contributed by atoms with Crippen LogP contribution in [-0.2, 0) is 14.1 Å². The largest absolute Gasteiger partial charge is 0.195 e. The lowest BCUT2D eigenvalue weighted by molar-refractivity contribution is -0.751. The Labute approximate surface area is 67.4 Å². The molecule has 1 heterocycles. The number of hydrogen-bond donors (Lipinski definition) is 0. The van der Waals surface area contributed by atoms with Crippen molar-refractivity contribution in [1.29, 1.82) is 0 Å². The highest BCUT2D eigenvalue weighted by Gasteiger charge is 2.24. The van der Waals surface area contributed by atoms with E-state index in [0.717, 1.165) is 5.92 Å². The second-order valence-corrected chi connectivity index (χ2v) is 3.47. The van der Waals surface area contributed by atoms with Gasteiger partial charge in [-0.05, 0) is 12.8 Å². The van der Waals surface area contributed by atoms with Crippen molar-refractivity contribution in [2.24, 2.45) is 14.1 Å². The Hall–Kier alpha value is -0.790. The number of rotatable bonds is 1. The summed E-state index contributed by atoms with van der Waals surface area (Å²) in [5.74, 6) is 0.848. The molecule has 0 radical (unpaired) electrons. The summed E-state index contributed by atoms with van der Waals surface area (Å²) in [5, 5.41) is 0. The van der Waals surface area contributed by atoms with Gasteiger partial charge in [-0.2, -0.15) is 4.68 Å². The molecular formula is C9H15N2+. The summed E-state index contributed by atoms with van der Waals surface area (Å²) in [6.07, 6.45) is 6.32. The monoisotopic (exact) mass is 151 g/mol. The van der Waals surface area contributed by atoms with E-state index in [0.29, 0.717) is 0 Å². The van der Waals surface area contributed by atoms with Gasteiger partial charge in [0, 0.05) is 12.0 Å². The maximum atomic E-state index is 2.24. The first kappa shape index (κ1) is 6.89. The second kappa shape index (κ2) is 2.36. The lowest BCUT2D eigenvalue weighted by atomic mass is 9.83. The highest BCUT2D eigenvalue weighted by atomic mass is 15.4. The van der Waals surface area contributed by atoms with Crippen molar-refractivity contribution >= 4 is 0 Å². The standard InChI is InChI=1S/C9H15N2/c1-10-7-6-9(11(10)2)8-4-3-5-8/h6-8H,3-5H2,1-2H3/q+1. The van der Waals surface area contributed by atoms with E-state index in [9.17, 15) is 0 Å². The smallest absolute Gasteiger partial charge is 0.161 e. The fraction of sp³-hybridized carbons (Fsp3) is 0.667. The van der Waals surface area contributed by atoms with Crippen molar-refractivity contribution in [2.75, 3.05) is 0 Å². The first-order valence-corrected chi connectivity index (χ1v) is 4.30. The summed E-state index contributed by atoms with van der Waals surface area (Å²) in [6.45, 7) is 0. The summed E-state index contributed by atoms with van der Waals surface area (Å²) in [7, 11) is 4.22. The molecule has 0 bridgehead atoms. The van der Waals surface area contributed by atoms with Crippen molar-refractivity contribution in [3.63, 3.8) is 0 Å². The Morgan fingerprint density at radius 3 is 2.64 bits per heavy atom. The van der Waals surface area contributed by atoms with E-state index < -0.39 is 0 Å². The van der Waals surface area contributed by atoms with Crippen molar-refractivity contribution in [1.82, 2.24) is 4.68 Å². The van der Waals surface area contributed by atoms with Crippen LogP contribution in [0.3, 0.4) is 0 Å². The van der Waals surface area contributed by atoms with Crippen molar-refractivity contribution in [3.8, 4) is 0 Å². The fourth-order valence-corrected chi connectivity index (χ4v) is 1.68. The van der Waals surface area contributed by atoms with Gasteiger partial charge in [-0.1, -0.05) is 6.42 Å². The van der Waals surface area contributed by atoms with E-state index in [2.05, 4.69) is 35.7 Å². The minimum absolute atomic E-state index is 0.848. The van der Waals surface area contributed by atoms with Crippen LogP contribution in [0.2, 0.25) is 0 Å². The fourth-order valence-electron chi connectivity index (χ4n) is 1.68. The summed E-state index contributed by atoms with van der Waals surface area (Å²) < 4.78 is 4.37. The minimum atomic E-state index is 0.848. The highest BCUT2D eigenvalue weighted by molar-refractivity contribution is 5.08. The number of aryl methyl sites for hydroxylation is 1. The SMILES string of the molecule is Cn1c(C2CCC2)cc[n+]1C. The van der Waals surface area contributed by atoms with Crippen LogP contribution in [0, 0.1) is 0 Å². The molecule has 0 unspecified atom stereocenters. The maximum absolute atomic E-state index is 2.24. The molecule has 0 aromatic carbocycles. The Balaban J connectivity index is 2.29. The third-order valence-corrected chi connectivity index (χ3v) is 2.83.